The summed E-state index contributed by atoms with van der Waals surface area (Å²) in [6.45, 7) is 3.89. The van der Waals surface area contributed by atoms with Crippen LogP contribution in [0.1, 0.15) is 30.6 Å². The van der Waals surface area contributed by atoms with Gasteiger partial charge in [0.1, 0.15) is 6.04 Å². The summed E-state index contributed by atoms with van der Waals surface area (Å²) in [5.41, 5.74) is 0.259. The van der Waals surface area contributed by atoms with E-state index in [9.17, 15) is 9.59 Å². The third-order valence-electron chi connectivity index (χ3n) is 2.92. The van der Waals surface area contributed by atoms with Crippen molar-refractivity contribution in [2.24, 2.45) is 5.92 Å². The molecule has 1 aromatic carbocycles. The second-order valence-corrected chi connectivity index (χ2v) is 6.14. The largest absolute Gasteiger partial charge is 0.395 e. The van der Waals surface area contributed by atoms with Gasteiger partial charge in [-0.2, -0.15) is 0 Å². The third kappa shape index (κ3) is 5.83. The smallest absolute Gasteiger partial charge is 0.253 e. The number of aliphatic hydroxyl groups is 1. The van der Waals surface area contributed by atoms with Crippen LogP contribution in [0.15, 0.2) is 18.2 Å². The molecule has 22 heavy (non-hydrogen) atoms. The van der Waals surface area contributed by atoms with Gasteiger partial charge in [0.25, 0.3) is 5.91 Å². The Labute approximate surface area is 140 Å². The zero-order valence-electron chi connectivity index (χ0n) is 12.5. The lowest BCUT2D eigenvalue weighted by Crippen LogP contribution is -2.48. The number of carbonyl (C=O) groups excluding carboxylic acids is 2. The number of nitrogens with one attached hydrogen (secondary N) is 2. The maximum Gasteiger partial charge on any atom is 0.253 e. The van der Waals surface area contributed by atoms with Gasteiger partial charge in [0, 0.05) is 11.6 Å². The molecule has 0 aliphatic heterocycles. The lowest BCUT2D eigenvalue weighted by atomic mass is 10.0. The fourth-order valence-electron chi connectivity index (χ4n) is 1.91. The number of benzene rings is 1. The Hall–Kier alpha value is -1.30. The summed E-state index contributed by atoms with van der Waals surface area (Å²) in [4.78, 5) is 24.3. The minimum absolute atomic E-state index is 0.144. The highest BCUT2D eigenvalue weighted by molar-refractivity contribution is 6.36. The van der Waals surface area contributed by atoms with Crippen LogP contribution in [0.25, 0.3) is 0 Å². The SMILES string of the molecule is CC(C)C[C@H](NC(=O)c1ccc(Cl)cc1Cl)C(=O)NCCO. The molecule has 7 heteroatoms. The van der Waals surface area contributed by atoms with Gasteiger partial charge in [0.15, 0.2) is 0 Å². The quantitative estimate of drug-likeness (QED) is 0.708. The van der Waals surface area contributed by atoms with Crippen LogP contribution < -0.4 is 10.6 Å². The van der Waals surface area contributed by atoms with Crippen LogP contribution in [0.2, 0.25) is 10.0 Å². The van der Waals surface area contributed by atoms with Crippen LogP contribution >= 0.6 is 23.2 Å². The van der Waals surface area contributed by atoms with Gasteiger partial charge in [-0.1, -0.05) is 37.0 Å². The molecular weight excluding hydrogens is 327 g/mol. The van der Waals surface area contributed by atoms with E-state index in [1.807, 2.05) is 13.8 Å². The van der Waals surface area contributed by atoms with Crippen molar-refractivity contribution in [3.8, 4) is 0 Å². The number of rotatable bonds is 7. The molecule has 0 saturated heterocycles. The van der Waals surface area contributed by atoms with Crippen molar-refractivity contribution in [1.29, 1.82) is 0 Å². The van der Waals surface area contributed by atoms with Crippen molar-refractivity contribution in [2.75, 3.05) is 13.2 Å². The second-order valence-electron chi connectivity index (χ2n) is 5.29. The molecule has 1 aromatic rings. The molecule has 0 fully saturated rings. The maximum atomic E-state index is 12.3. The molecule has 3 N–H and O–H groups in total. The number of halogens is 2. The van der Waals surface area contributed by atoms with E-state index >= 15 is 0 Å². The standard InChI is InChI=1S/C15H20Cl2N2O3/c1-9(2)7-13(15(22)18-5-6-20)19-14(21)11-4-3-10(16)8-12(11)17/h3-4,8-9,13,20H,5-7H2,1-2H3,(H,18,22)(H,19,21)/t13-/m0/s1. The summed E-state index contributed by atoms with van der Waals surface area (Å²) in [7, 11) is 0. The van der Waals surface area contributed by atoms with Gasteiger partial charge in [0.2, 0.25) is 5.91 Å². The van der Waals surface area contributed by atoms with Crippen molar-refractivity contribution >= 4 is 35.0 Å². The molecular formula is C15H20Cl2N2O3. The Morgan fingerprint density at radius 2 is 1.95 bits per heavy atom. The number of carbonyl (C=O) groups is 2. The van der Waals surface area contributed by atoms with Crippen LogP contribution in [-0.4, -0.2) is 36.1 Å². The maximum absolute atomic E-state index is 12.3. The molecule has 2 amide bonds. The molecule has 0 radical (unpaired) electrons. The predicted molar refractivity (Wildman–Crippen MR) is 87.3 cm³/mol. The van der Waals surface area contributed by atoms with Crippen LogP contribution in [0.3, 0.4) is 0 Å². The lowest BCUT2D eigenvalue weighted by Gasteiger charge is -2.20. The normalized spacial score (nSPS) is 12.1. The summed E-state index contributed by atoms with van der Waals surface area (Å²) >= 11 is 11.8. The first-order chi connectivity index (χ1) is 10.3. The summed E-state index contributed by atoms with van der Waals surface area (Å²) in [5.74, 6) is -0.557. The number of hydrogen-bond acceptors (Lipinski definition) is 3. The van der Waals surface area contributed by atoms with Crippen LogP contribution in [-0.2, 0) is 4.79 Å². The van der Waals surface area contributed by atoms with E-state index in [1.165, 1.54) is 12.1 Å². The van der Waals surface area contributed by atoms with Crippen LogP contribution in [0.4, 0.5) is 0 Å². The highest BCUT2D eigenvalue weighted by atomic mass is 35.5. The van der Waals surface area contributed by atoms with Crippen LogP contribution in [0, 0.1) is 5.92 Å². The van der Waals surface area contributed by atoms with E-state index in [0.717, 1.165) is 0 Å². The first-order valence-corrected chi connectivity index (χ1v) is 7.75. The minimum atomic E-state index is -0.689. The first kappa shape index (κ1) is 18.7. The number of hydrogen-bond donors (Lipinski definition) is 3. The second kappa shape index (κ2) is 8.98. The number of amides is 2. The van der Waals surface area contributed by atoms with Crippen LogP contribution in [0.5, 0.6) is 0 Å². The average molecular weight is 347 g/mol. The zero-order valence-corrected chi connectivity index (χ0v) is 14.0. The van der Waals surface area contributed by atoms with Gasteiger partial charge in [-0.3, -0.25) is 9.59 Å². The Bertz CT molecular complexity index is 536. The highest BCUT2D eigenvalue weighted by Crippen LogP contribution is 2.21. The summed E-state index contributed by atoms with van der Waals surface area (Å²) in [6.07, 6.45) is 0.480. The third-order valence-corrected chi connectivity index (χ3v) is 3.46. The van der Waals surface area contributed by atoms with Crippen molar-refractivity contribution in [3.05, 3.63) is 33.8 Å². The van der Waals surface area contributed by atoms with Gasteiger partial charge in [0.05, 0.1) is 17.2 Å². The molecule has 0 spiro atoms. The summed E-state index contributed by atoms with van der Waals surface area (Å²) in [6, 6.07) is 3.86. The zero-order chi connectivity index (χ0) is 16.7. The van der Waals surface area contributed by atoms with Crippen molar-refractivity contribution in [2.45, 2.75) is 26.3 Å². The van der Waals surface area contributed by atoms with Crippen molar-refractivity contribution in [1.82, 2.24) is 10.6 Å². The lowest BCUT2D eigenvalue weighted by molar-refractivity contribution is -0.123. The Kier molecular flexibility index (Phi) is 7.65. The molecule has 5 nitrogen and oxygen atoms in total. The average Bonchev–Trinajstić information content (AvgIpc) is 2.43. The Morgan fingerprint density at radius 1 is 1.27 bits per heavy atom. The monoisotopic (exact) mass is 346 g/mol. The number of aliphatic hydroxyl groups excluding tert-OH is 1. The minimum Gasteiger partial charge on any atom is -0.395 e. The molecule has 122 valence electrons. The fraction of sp³-hybridized carbons (Fsp3) is 0.467. The Balaban J connectivity index is 2.83. The molecule has 0 aliphatic carbocycles. The van der Waals surface area contributed by atoms with Gasteiger partial charge in [-0.05, 0) is 30.5 Å². The van der Waals surface area contributed by atoms with Crippen molar-refractivity contribution in [3.63, 3.8) is 0 Å². The summed E-state index contributed by atoms with van der Waals surface area (Å²) < 4.78 is 0. The van der Waals surface area contributed by atoms with Gasteiger partial charge in [-0.15, -0.1) is 0 Å². The molecule has 0 saturated carbocycles. The molecule has 0 unspecified atom stereocenters. The summed E-state index contributed by atoms with van der Waals surface area (Å²) in [5, 5.41) is 14.7. The van der Waals surface area contributed by atoms with Gasteiger partial charge in [-0.25, -0.2) is 0 Å². The van der Waals surface area contributed by atoms with Gasteiger partial charge >= 0.3 is 0 Å². The first-order valence-electron chi connectivity index (χ1n) is 6.99. The molecule has 0 bridgehead atoms. The molecule has 1 atom stereocenters. The van der Waals surface area contributed by atoms with E-state index in [0.29, 0.717) is 11.4 Å². The van der Waals surface area contributed by atoms with Gasteiger partial charge < -0.3 is 15.7 Å². The van der Waals surface area contributed by atoms with Crippen molar-refractivity contribution < 1.29 is 14.7 Å². The molecule has 0 heterocycles. The molecule has 0 aromatic heterocycles. The fourth-order valence-corrected chi connectivity index (χ4v) is 2.41. The topological polar surface area (TPSA) is 78.4 Å². The molecule has 1 rings (SSSR count). The molecule has 0 aliphatic rings. The van der Waals surface area contributed by atoms with E-state index in [-0.39, 0.29) is 35.6 Å². The predicted octanol–water partition coefficient (Wildman–Crippen LogP) is 2.25. The van der Waals surface area contributed by atoms with E-state index in [2.05, 4.69) is 10.6 Å². The van der Waals surface area contributed by atoms with E-state index in [4.69, 9.17) is 28.3 Å². The highest BCUT2D eigenvalue weighted by Gasteiger charge is 2.23. The Morgan fingerprint density at radius 3 is 2.50 bits per heavy atom. The van der Waals surface area contributed by atoms with E-state index in [1.54, 1.807) is 6.07 Å². The van der Waals surface area contributed by atoms with E-state index < -0.39 is 11.9 Å².